The number of anilines is 1. The minimum atomic E-state index is -0.551. The lowest BCUT2D eigenvalue weighted by Gasteiger charge is -2.35. The van der Waals surface area contributed by atoms with E-state index >= 15 is 0 Å². The standard InChI is InChI=1S/C16H20N4O3/c1-11(2)16(21)18-13-4-3-7-19(10-13)14-5-6-15(20(22)23)12(8-14)9-17/h5-6,8,11,13H,3-4,7,10H2,1-2H3,(H,18,21)/t13-/m1/s1. The Morgan fingerprint density at radius 1 is 1.52 bits per heavy atom. The van der Waals surface area contributed by atoms with Crippen molar-refractivity contribution in [2.45, 2.75) is 32.7 Å². The van der Waals surface area contributed by atoms with Crippen LogP contribution >= 0.6 is 0 Å². The molecule has 1 N–H and O–H groups in total. The number of benzene rings is 1. The summed E-state index contributed by atoms with van der Waals surface area (Å²) in [6, 6.07) is 6.50. The van der Waals surface area contributed by atoms with E-state index in [0.29, 0.717) is 6.54 Å². The molecule has 7 heteroatoms. The fourth-order valence-electron chi connectivity index (χ4n) is 2.67. The number of nitro groups is 1. The zero-order valence-electron chi connectivity index (χ0n) is 13.3. The van der Waals surface area contributed by atoms with Gasteiger partial charge in [-0.3, -0.25) is 14.9 Å². The van der Waals surface area contributed by atoms with Crippen molar-refractivity contribution in [2.75, 3.05) is 18.0 Å². The van der Waals surface area contributed by atoms with Crippen LogP contribution in [0.3, 0.4) is 0 Å². The van der Waals surface area contributed by atoms with Crippen molar-refractivity contribution >= 4 is 17.3 Å². The molecule has 0 spiro atoms. The molecule has 2 rings (SSSR count). The number of nitriles is 1. The summed E-state index contributed by atoms with van der Waals surface area (Å²) in [7, 11) is 0. The van der Waals surface area contributed by atoms with Crippen molar-refractivity contribution in [2.24, 2.45) is 5.92 Å². The van der Waals surface area contributed by atoms with Crippen LogP contribution in [0.5, 0.6) is 0 Å². The van der Waals surface area contributed by atoms with Gasteiger partial charge in [0.25, 0.3) is 5.69 Å². The second-order valence-electron chi connectivity index (χ2n) is 6.02. The summed E-state index contributed by atoms with van der Waals surface area (Å²) in [4.78, 5) is 24.2. The van der Waals surface area contributed by atoms with Crippen LogP contribution < -0.4 is 10.2 Å². The minimum absolute atomic E-state index is 0.0262. The first kappa shape index (κ1) is 16.7. The van der Waals surface area contributed by atoms with Gasteiger partial charge in [-0.15, -0.1) is 0 Å². The van der Waals surface area contributed by atoms with Gasteiger partial charge in [0, 0.05) is 36.8 Å². The first-order chi connectivity index (χ1) is 10.9. The average Bonchev–Trinajstić information content (AvgIpc) is 2.54. The maximum atomic E-state index is 11.8. The van der Waals surface area contributed by atoms with E-state index in [2.05, 4.69) is 10.2 Å². The van der Waals surface area contributed by atoms with Gasteiger partial charge in [-0.2, -0.15) is 5.26 Å². The number of rotatable bonds is 4. The van der Waals surface area contributed by atoms with E-state index in [9.17, 15) is 14.9 Å². The lowest BCUT2D eigenvalue weighted by molar-refractivity contribution is -0.385. The first-order valence-corrected chi connectivity index (χ1v) is 7.66. The molecule has 1 heterocycles. The number of nitro benzene ring substituents is 1. The van der Waals surface area contributed by atoms with Crippen LogP contribution in [0.4, 0.5) is 11.4 Å². The number of carbonyl (C=O) groups is 1. The van der Waals surface area contributed by atoms with Crippen molar-refractivity contribution in [3.8, 4) is 6.07 Å². The van der Waals surface area contributed by atoms with Gasteiger partial charge in [-0.05, 0) is 25.0 Å². The number of amides is 1. The molecule has 0 radical (unpaired) electrons. The van der Waals surface area contributed by atoms with Gasteiger partial charge in [0.05, 0.1) is 4.92 Å². The van der Waals surface area contributed by atoms with Crippen LogP contribution in [0.1, 0.15) is 32.3 Å². The minimum Gasteiger partial charge on any atom is -0.369 e. The zero-order valence-corrected chi connectivity index (χ0v) is 13.3. The summed E-state index contributed by atoms with van der Waals surface area (Å²) in [6.45, 7) is 5.15. The van der Waals surface area contributed by atoms with Crippen LogP contribution in [0.15, 0.2) is 18.2 Å². The molecule has 0 aromatic heterocycles. The highest BCUT2D eigenvalue weighted by atomic mass is 16.6. The molecule has 0 unspecified atom stereocenters. The molecule has 23 heavy (non-hydrogen) atoms. The largest absolute Gasteiger partial charge is 0.369 e. The second-order valence-corrected chi connectivity index (χ2v) is 6.02. The Kier molecular flexibility index (Phi) is 5.16. The normalized spacial score (nSPS) is 17.7. The molecule has 122 valence electrons. The smallest absolute Gasteiger partial charge is 0.287 e. The number of carbonyl (C=O) groups excluding carboxylic acids is 1. The first-order valence-electron chi connectivity index (χ1n) is 7.66. The van der Waals surface area contributed by atoms with E-state index in [-0.39, 0.29) is 29.1 Å². The summed E-state index contributed by atoms with van der Waals surface area (Å²) in [6.07, 6.45) is 1.83. The quantitative estimate of drug-likeness (QED) is 0.678. The highest BCUT2D eigenvalue weighted by Crippen LogP contribution is 2.26. The van der Waals surface area contributed by atoms with Crippen LogP contribution in [-0.4, -0.2) is 30.0 Å². The van der Waals surface area contributed by atoms with E-state index in [4.69, 9.17) is 5.26 Å². The lowest BCUT2D eigenvalue weighted by Crippen LogP contribution is -2.48. The van der Waals surface area contributed by atoms with Gasteiger partial charge in [0.15, 0.2) is 0 Å². The third-order valence-electron chi connectivity index (χ3n) is 3.95. The van der Waals surface area contributed by atoms with Crippen LogP contribution in [0.2, 0.25) is 0 Å². The predicted molar refractivity (Wildman–Crippen MR) is 86.0 cm³/mol. The third-order valence-corrected chi connectivity index (χ3v) is 3.95. The Morgan fingerprint density at radius 3 is 2.87 bits per heavy atom. The molecule has 1 aliphatic rings. The van der Waals surface area contributed by atoms with Crippen molar-refractivity contribution in [3.63, 3.8) is 0 Å². The van der Waals surface area contributed by atoms with Gasteiger partial charge in [-0.1, -0.05) is 13.8 Å². The summed E-state index contributed by atoms with van der Waals surface area (Å²) < 4.78 is 0. The fraction of sp³-hybridized carbons (Fsp3) is 0.500. The van der Waals surface area contributed by atoms with Crippen LogP contribution in [0, 0.1) is 27.4 Å². The number of hydrogen-bond donors (Lipinski definition) is 1. The average molecular weight is 316 g/mol. The number of nitrogens with zero attached hydrogens (tertiary/aromatic N) is 3. The Labute approximate surface area is 135 Å². The zero-order chi connectivity index (χ0) is 17.0. The molecule has 1 atom stereocenters. The molecule has 1 aliphatic heterocycles. The van der Waals surface area contributed by atoms with Gasteiger partial charge < -0.3 is 10.2 Å². The Morgan fingerprint density at radius 2 is 2.26 bits per heavy atom. The molecule has 1 saturated heterocycles. The molecular weight excluding hydrogens is 296 g/mol. The van der Waals surface area contributed by atoms with Gasteiger partial charge >= 0.3 is 0 Å². The van der Waals surface area contributed by atoms with Crippen molar-refractivity contribution < 1.29 is 9.72 Å². The van der Waals surface area contributed by atoms with Gasteiger partial charge in [0.1, 0.15) is 11.6 Å². The Bertz CT molecular complexity index is 651. The van der Waals surface area contributed by atoms with Crippen molar-refractivity contribution in [3.05, 3.63) is 33.9 Å². The van der Waals surface area contributed by atoms with Crippen molar-refractivity contribution in [1.29, 1.82) is 5.26 Å². The Balaban J connectivity index is 2.14. The van der Waals surface area contributed by atoms with Crippen LogP contribution in [0.25, 0.3) is 0 Å². The SMILES string of the molecule is CC(C)C(=O)N[C@@H]1CCCN(c2ccc([N+](=O)[O-])c(C#N)c2)C1. The maximum Gasteiger partial charge on any atom is 0.287 e. The summed E-state index contributed by atoms with van der Waals surface area (Å²) >= 11 is 0. The molecule has 0 bridgehead atoms. The number of hydrogen-bond acceptors (Lipinski definition) is 5. The molecular formula is C16H20N4O3. The van der Waals surface area contributed by atoms with E-state index in [0.717, 1.165) is 25.1 Å². The van der Waals surface area contributed by atoms with E-state index in [1.165, 1.54) is 6.07 Å². The molecule has 1 fully saturated rings. The fourth-order valence-corrected chi connectivity index (χ4v) is 2.67. The lowest BCUT2D eigenvalue weighted by atomic mass is 10.0. The summed E-state index contributed by atoms with van der Waals surface area (Å²) in [5, 5.41) is 23.0. The topological polar surface area (TPSA) is 99.3 Å². The number of piperidine rings is 1. The van der Waals surface area contributed by atoms with Crippen LogP contribution in [-0.2, 0) is 4.79 Å². The maximum absolute atomic E-state index is 11.8. The highest BCUT2D eigenvalue weighted by Gasteiger charge is 2.24. The van der Waals surface area contributed by atoms with E-state index < -0.39 is 4.92 Å². The molecule has 7 nitrogen and oxygen atoms in total. The third kappa shape index (κ3) is 3.97. The number of nitrogens with one attached hydrogen (secondary N) is 1. The summed E-state index contributed by atoms with van der Waals surface area (Å²) in [5.74, 6) is -0.0341. The molecule has 1 aromatic carbocycles. The van der Waals surface area contributed by atoms with Gasteiger partial charge in [0.2, 0.25) is 5.91 Å². The molecule has 0 saturated carbocycles. The molecule has 1 aromatic rings. The monoisotopic (exact) mass is 316 g/mol. The highest BCUT2D eigenvalue weighted by molar-refractivity contribution is 5.78. The molecule has 1 amide bonds. The summed E-state index contributed by atoms with van der Waals surface area (Å²) in [5.41, 5.74) is 0.648. The second kappa shape index (κ2) is 7.09. The van der Waals surface area contributed by atoms with Crippen molar-refractivity contribution in [1.82, 2.24) is 5.32 Å². The van der Waals surface area contributed by atoms with Gasteiger partial charge in [-0.25, -0.2) is 0 Å². The Hall–Kier alpha value is -2.62. The van der Waals surface area contributed by atoms with E-state index in [1.54, 1.807) is 12.1 Å². The van der Waals surface area contributed by atoms with E-state index in [1.807, 2.05) is 19.9 Å². The molecule has 0 aliphatic carbocycles. The predicted octanol–water partition coefficient (Wildman–Crippen LogP) is 2.21.